The highest BCUT2D eigenvalue weighted by Gasteiger charge is 2.41. The lowest BCUT2D eigenvalue weighted by molar-refractivity contribution is 0.0992. The van der Waals surface area contributed by atoms with Crippen molar-refractivity contribution in [2.75, 3.05) is 18.1 Å². The number of halogens is 1. The number of carbonyl (C=O) groups excluding carboxylic acids is 1. The topological polar surface area (TPSA) is 128 Å². The Morgan fingerprint density at radius 3 is 2.83 bits per heavy atom. The minimum Gasteiger partial charge on any atom is -0.432 e. The summed E-state index contributed by atoms with van der Waals surface area (Å²) < 4.78 is 31.1. The average molecular weight is 448 g/mol. The highest BCUT2D eigenvalue weighted by atomic mass is 35.5. The van der Waals surface area contributed by atoms with Crippen LogP contribution in [-0.4, -0.2) is 42.4 Å². The van der Waals surface area contributed by atoms with Gasteiger partial charge in [0.1, 0.15) is 5.52 Å². The molecule has 0 saturated carbocycles. The molecule has 156 valence electrons. The Kier molecular flexibility index (Phi) is 4.70. The standard InChI is InChI=1S/C19H18ClN5O4S/c1-19(10-30(27,28)25(2)18(21)24-19)11-4-3-5-13(8-11)22-16(26)17-23-14-7-6-12(20)9-15(14)29-17/h3-9H,10H2,1-2H3,(H2,21,24)(H,22,26). The van der Waals surface area contributed by atoms with E-state index in [0.717, 1.165) is 4.31 Å². The number of guanidine groups is 1. The van der Waals surface area contributed by atoms with Gasteiger partial charge in [0.25, 0.3) is 5.89 Å². The Morgan fingerprint density at radius 1 is 1.33 bits per heavy atom. The number of rotatable bonds is 3. The Hall–Kier alpha value is -3.11. The van der Waals surface area contributed by atoms with E-state index in [0.29, 0.717) is 27.4 Å². The second-order valence-corrected chi connectivity index (χ2v) is 9.63. The third-order valence-corrected chi connectivity index (χ3v) is 7.09. The summed E-state index contributed by atoms with van der Waals surface area (Å²) in [5.41, 5.74) is 0.908. The van der Waals surface area contributed by atoms with Crippen LogP contribution in [0.5, 0.6) is 0 Å². The number of sulfonamides is 1. The summed E-state index contributed by atoms with van der Waals surface area (Å²) in [6.45, 7) is 1.69. The molecule has 2 heterocycles. The third kappa shape index (κ3) is 3.59. The zero-order valence-corrected chi connectivity index (χ0v) is 17.6. The highest BCUT2D eigenvalue weighted by molar-refractivity contribution is 7.89. The summed E-state index contributed by atoms with van der Waals surface area (Å²) in [6, 6.07) is 11.6. The molecule has 11 heteroatoms. The number of nitrogens with one attached hydrogen (secondary N) is 3. The van der Waals surface area contributed by atoms with E-state index >= 15 is 0 Å². The van der Waals surface area contributed by atoms with Gasteiger partial charge in [-0.15, -0.1) is 0 Å². The van der Waals surface area contributed by atoms with Gasteiger partial charge in [0.05, 0.1) is 11.3 Å². The number of fused-ring (bicyclic) bond motifs is 1. The number of aromatic nitrogens is 1. The molecule has 3 aromatic rings. The van der Waals surface area contributed by atoms with Gasteiger partial charge in [0.2, 0.25) is 16.0 Å². The van der Waals surface area contributed by atoms with Crippen LogP contribution in [0.1, 0.15) is 23.2 Å². The normalized spacial score (nSPS) is 20.8. The quantitative estimate of drug-likeness (QED) is 0.566. The fraction of sp³-hybridized carbons (Fsp3) is 0.211. The lowest BCUT2D eigenvalue weighted by atomic mass is 9.93. The third-order valence-electron chi connectivity index (χ3n) is 4.90. The van der Waals surface area contributed by atoms with Gasteiger partial charge in [0.15, 0.2) is 5.58 Å². The van der Waals surface area contributed by atoms with Crippen molar-refractivity contribution in [2.45, 2.75) is 12.5 Å². The van der Waals surface area contributed by atoms with Gasteiger partial charge < -0.3 is 15.1 Å². The SMILES string of the molecule is CN1C(=N)NC(C)(c2cccc(NC(=O)c3nc4ccc(Cl)cc4o3)c2)CS1(=O)=O. The monoisotopic (exact) mass is 447 g/mol. The molecule has 0 aliphatic carbocycles. The highest BCUT2D eigenvalue weighted by Crippen LogP contribution is 2.29. The van der Waals surface area contributed by atoms with Crippen LogP contribution in [0.15, 0.2) is 46.9 Å². The van der Waals surface area contributed by atoms with Gasteiger partial charge in [-0.25, -0.2) is 17.7 Å². The molecule has 4 rings (SSSR count). The van der Waals surface area contributed by atoms with Crippen molar-refractivity contribution in [3.8, 4) is 0 Å². The fourth-order valence-corrected chi connectivity index (χ4v) is 4.90. The summed E-state index contributed by atoms with van der Waals surface area (Å²) in [5.74, 6) is -1.13. The van der Waals surface area contributed by atoms with Crippen molar-refractivity contribution < 1.29 is 17.6 Å². The summed E-state index contributed by atoms with van der Waals surface area (Å²) in [4.78, 5) is 16.7. The number of oxazole rings is 1. The zero-order chi connectivity index (χ0) is 21.7. The van der Waals surface area contributed by atoms with Crippen LogP contribution in [0.4, 0.5) is 5.69 Å². The smallest absolute Gasteiger partial charge is 0.311 e. The maximum atomic E-state index is 12.6. The van der Waals surface area contributed by atoms with Crippen LogP contribution in [0.25, 0.3) is 11.1 Å². The summed E-state index contributed by atoms with van der Waals surface area (Å²) in [6.07, 6.45) is 0. The van der Waals surface area contributed by atoms with Crippen molar-refractivity contribution in [2.24, 2.45) is 0 Å². The first-order chi connectivity index (χ1) is 14.1. The molecule has 1 aliphatic rings. The predicted octanol–water partition coefficient (Wildman–Crippen LogP) is 2.75. The largest absolute Gasteiger partial charge is 0.432 e. The molecular formula is C19H18ClN5O4S. The lowest BCUT2D eigenvalue weighted by Crippen LogP contribution is -2.60. The number of hydrogen-bond donors (Lipinski definition) is 3. The van der Waals surface area contributed by atoms with E-state index in [2.05, 4.69) is 15.6 Å². The molecule has 1 aromatic heterocycles. The number of amides is 1. The Morgan fingerprint density at radius 2 is 2.10 bits per heavy atom. The van der Waals surface area contributed by atoms with Gasteiger partial charge >= 0.3 is 5.91 Å². The molecule has 0 radical (unpaired) electrons. The molecule has 1 unspecified atom stereocenters. The fourth-order valence-electron chi connectivity index (χ4n) is 3.25. The van der Waals surface area contributed by atoms with Crippen molar-refractivity contribution >= 4 is 50.3 Å². The van der Waals surface area contributed by atoms with Crippen LogP contribution in [0.3, 0.4) is 0 Å². The molecule has 1 aliphatic heterocycles. The Labute approximate surface area is 177 Å². The predicted molar refractivity (Wildman–Crippen MR) is 113 cm³/mol. The van der Waals surface area contributed by atoms with Crippen LogP contribution in [0.2, 0.25) is 5.02 Å². The number of hydrogen-bond acceptors (Lipinski definition) is 6. The maximum Gasteiger partial charge on any atom is 0.311 e. The van der Waals surface area contributed by atoms with Crippen LogP contribution in [-0.2, 0) is 15.6 Å². The number of nitrogens with zero attached hydrogens (tertiary/aromatic N) is 2. The average Bonchev–Trinajstić information content (AvgIpc) is 3.09. The molecule has 30 heavy (non-hydrogen) atoms. The second kappa shape index (κ2) is 6.99. The molecule has 9 nitrogen and oxygen atoms in total. The Bertz CT molecular complexity index is 1290. The van der Waals surface area contributed by atoms with E-state index in [1.165, 1.54) is 7.05 Å². The van der Waals surface area contributed by atoms with Gasteiger partial charge in [-0.1, -0.05) is 23.7 Å². The molecular weight excluding hydrogens is 430 g/mol. The number of benzene rings is 2. The zero-order valence-electron chi connectivity index (χ0n) is 16.1. The first-order valence-electron chi connectivity index (χ1n) is 8.89. The molecule has 1 atom stereocenters. The van der Waals surface area contributed by atoms with Gasteiger partial charge in [-0.2, -0.15) is 0 Å². The second-order valence-electron chi connectivity index (χ2n) is 7.20. The Balaban J connectivity index is 1.60. The van der Waals surface area contributed by atoms with Crippen molar-refractivity contribution in [1.29, 1.82) is 5.41 Å². The first-order valence-corrected chi connectivity index (χ1v) is 10.9. The molecule has 1 saturated heterocycles. The molecule has 3 N–H and O–H groups in total. The van der Waals surface area contributed by atoms with E-state index in [1.54, 1.807) is 49.4 Å². The summed E-state index contributed by atoms with van der Waals surface area (Å²) in [7, 11) is -2.31. The van der Waals surface area contributed by atoms with E-state index in [4.69, 9.17) is 21.4 Å². The first kappa shape index (κ1) is 20.2. The van der Waals surface area contributed by atoms with E-state index in [-0.39, 0.29) is 17.6 Å². The maximum absolute atomic E-state index is 12.6. The molecule has 1 amide bonds. The van der Waals surface area contributed by atoms with Crippen molar-refractivity contribution in [1.82, 2.24) is 14.6 Å². The summed E-state index contributed by atoms with van der Waals surface area (Å²) >= 11 is 5.93. The lowest BCUT2D eigenvalue weighted by Gasteiger charge is -2.40. The summed E-state index contributed by atoms with van der Waals surface area (Å²) in [5, 5.41) is 14.0. The van der Waals surface area contributed by atoms with Gasteiger partial charge in [-0.05, 0) is 36.8 Å². The van der Waals surface area contributed by atoms with Gasteiger partial charge in [0, 0.05) is 23.8 Å². The minimum atomic E-state index is -3.64. The van der Waals surface area contributed by atoms with Crippen LogP contribution >= 0.6 is 11.6 Å². The van der Waals surface area contributed by atoms with E-state index in [1.807, 2.05) is 0 Å². The van der Waals surface area contributed by atoms with Crippen LogP contribution in [0, 0.1) is 5.41 Å². The number of carbonyl (C=O) groups is 1. The van der Waals surface area contributed by atoms with Crippen molar-refractivity contribution in [3.63, 3.8) is 0 Å². The molecule has 0 spiro atoms. The molecule has 0 bridgehead atoms. The van der Waals surface area contributed by atoms with Crippen LogP contribution < -0.4 is 10.6 Å². The minimum absolute atomic E-state index is 0.120. The van der Waals surface area contributed by atoms with E-state index in [9.17, 15) is 13.2 Å². The number of anilines is 1. The molecule has 2 aromatic carbocycles. The van der Waals surface area contributed by atoms with Crippen molar-refractivity contribution in [3.05, 3.63) is 58.9 Å². The molecule has 1 fully saturated rings. The van der Waals surface area contributed by atoms with E-state index < -0.39 is 21.5 Å². The van der Waals surface area contributed by atoms with Gasteiger partial charge in [-0.3, -0.25) is 10.2 Å².